The lowest BCUT2D eigenvalue weighted by Gasteiger charge is -2.36. The largest absolute Gasteiger partial charge is 0.342 e. The van der Waals surface area contributed by atoms with Crippen molar-refractivity contribution in [2.75, 3.05) is 13.1 Å². The molecule has 0 spiro atoms. The van der Waals surface area contributed by atoms with Gasteiger partial charge in [-0.1, -0.05) is 31.9 Å². The van der Waals surface area contributed by atoms with Crippen LogP contribution in [0.4, 0.5) is 0 Å². The Labute approximate surface area is 231 Å². The SMILES string of the molecule is C[n+]1ccc(CC(=O)N2CCC([C@@H]3c4c(Br)cc(Br)cc4CCc4cc(Br)c[n+](O)c43)CC2)cc1. The molecule has 2 aliphatic rings. The second-order valence-electron chi connectivity index (χ2n) is 9.62. The van der Waals surface area contributed by atoms with E-state index in [1.807, 2.05) is 41.0 Å². The molecule has 1 N–H and O–H groups in total. The number of halogens is 3. The fourth-order valence-electron chi connectivity index (χ4n) is 5.63. The molecule has 8 heteroatoms. The van der Waals surface area contributed by atoms with Crippen LogP contribution in [0.1, 0.15) is 46.7 Å². The average Bonchev–Trinajstić information content (AvgIpc) is 2.98. The standard InChI is InChI=1S/C27H28Br3N3O2/c1-31-8-4-17(5-9-31)12-24(34)32-10-6-18(7-11-32)26-25-19(13-21(28)15-23(25)30)2-3-20-14-22(29)16-33(35)27(20)26/h4-5,8-9,13-16,18,26,35H,2-3,6-7,10-12H2,1H3/q+2/t26-/m1/s1. The molecule has 5 nitrogen and oxygen atoms in total. The fourth-order valence-corrected chi connectivity index (χ4v) is 7.66. The molecular weight excluding hydrogens is 638 g/mol. The van der Waals surface area contributed by atoms with Gasteiger partial charge in [-0.2, -0.15) is 0 Å². The van der Waals surface area contributed by atoms with Crippen LogP contribution in [0.5, 0.6) is 0 Å². The van der Waals surface area contributed by atoms with Crippen LogP contribution >= 0.6 is 47.8 Å². The molecule has 3 heterocycles. The third kappa shape index (κ3) is 5.20. The van der Waals surface area contributed by atoms with Crippen LogP contribution in [0.2, 0.25) is 0 Å². The third-order valence-corrected chi connectivity index (χ3v) is 8.90. The van der Waals surface area contributed by atoms with E-state index < -0.39 is 0 Å². The predicted molar refractivity (Wildman–Crippen MR) is 143 cm³/mol. The minimum absolute atomic E-state index is 0.0504. The molecule has 1 fully saturated rings. The first-order valence-corrected chi connectivity index (χ1v) is 14.3. The van der Waals surface area contributed by atoms with Gasteiger partial charge in [-0.3, -0.25) is 10.0 Å². The van der Waals surface area contributed by atoms with Gasteiger partial charge in [0.2, 0.25) is 17.8 Å². The first kappa shape index (κ1) is 24.9. The van der Waals surface area contributed by atoms with Crippen LogP contribution in [-0.4, -0.2) is 29.1 Å². The first-order chi connectivity index (χ1) is 16.8. The summed E-state index contributed by atoms with van der Waals surface area (Å²) < 4.78 is 6.29. The highest BCUT2D eigenvalue weighted by molar-refractivity contribution is 9.11. The number of carbonyl (C=O) groups excluding carboxylic acids is 1. The van der Waals surface area contributed by atoms with Gasteiger partial charge in [0.1, 0.15) is 7.05 Å². The van der Waals surface area contributed by atoms with Crippen molar-refractivity contribution in [3.8, 4) is 0 Å². The number of hydrogen-bond donors (Lipinski definition) is 1. The van der Waals surface area contributed by atoms with Gasteiger partial charge in [-0.05, 0) is 82.4 Å². The first-order valence-electron chi connectivity index (χ1n) is 11.9. The Bertz CT molecular complexity index is 1210. The summed E-state index contributed by atoms with van der Waals surface area (Å²) in [6.45, 7) is 1.47. The molecule has 0 bridgehead atoms. The maximum absolute atomic E-state index is 13.0. The van der Waals surface area contributed by atoms with Gasteiger partial charge >= 0.3 is 0 Å². The maximum atomic E-state index is 13.0. The van der Waals surface area contributed by atoms with Crippen molar-refractivity contribution < 1.29 is 19.3 Å². The van der Waals surface area contributed by atoms with Gasteiger partial charge in [-0.15, -0.1) is 0 Å². The molecule has 1 aliphatic heterocycles. The molecule has 1 saturated heterocycles. The number of aryl methyl sites for hydroxylation is 3. The number of nitrogens with zero attached hydrogens (tertiary/aromatic N) is 3. The second kappa shape index (κ2) is 10.3. The average molecular weight is 666 g/mol. The summed E-state index contributed by atoms with van der Waals surface area (Å²) in [5.74, 6) is 0.558. The van der Waals surface area contributed by atoms with E-state index in [4.69, 9.17) is 0 Å². The molecule has 1 aromatic carbocycles. The molecule has 3 aromatic rings. The van der Waals surface area contributed by atoms with Crippen molar-refractivity contribution in [1.82, 2.24) is 4.90 Å². The van der Waals surface area contributed by atoms with Crippen LogP contribution in [0.3, 0.4) is 0 Å². The van der Waals surface area contributed by atoms with Gasteiger partial charge in [0.25, 0.3) is 0 Å². The van der Waals surface area contributed by atoms with E-state index in [1.54, 1.807) is 6.20 Å². The highest BCUT2D eigenvalue weighted by Crippen LogP contribution is 2.45. The lowest BCUT2D eigenvalue weighted by atomic mass is 9.76. The van der Waals surface area contributed by atoms with Crippen molar-refractivity contribution in [3.63, 3.8) is 0 Å². The van der Waals surface area contributed by atoms with E-state index in [2.05, 4.69) is 66.0 Å². The van der Waals surface area contributed by atoms with Crippen LogP contribution < -0.4 is 9.30 Å². The number of rotatable bonds is 3. The highest BCUT2D eigenvalue weighted by atomic mass is 79.9. The number of hydrogen-bond acceptors (Lipinski definition) is 2. The van der Waals surface area contributed by atoms with E-state index in [-0.39, 0.29) is 11.8 Å². The molecule has 2 aromatic heterocycles. The zero-order chi connectivity index (χ0) is 24.7. The second-order valence-corrected chi connectivity index (χ2v) is 12.3. The fraction of sp³-hybridized carbons (Fsp3) is 0.370. The smallest absolute Gasteiger partial charge is 0.245 e. The maximum Gasteiger partial charge on any atom is 0.245 e. The highest BCUT2D eigenvalue weighted by Gasteiger charge is 2.41. The molecule has 0 unspecified atom stereocenters. The molecule has 1 aliphatic carbocycles. The van der Waals surface area contributed by atoms with Gasteiger partial charge in [-0.25, -0.2) is 4.57 Å². The third-order valence-electron chi connectivity index (χ3n) is 7.35. The van der Waals surface area contributed by atoms with Crippen molar-refractivity contribution in [3.05, 3.63) is 90.3 Å². The lowest BCUT2D eigenvalue weighted by molar-refractivity contribution is -0.911. The van der Waals surface area contributed by atoms with Gasteiger partial charge in [0.15, 0.2) is 12.4 Å². The molecule has 182 valence electrons. The normalized spacial score (nSPS) is 18.1. The summed E-state index contributed by atoms with van der Waals surface area (Å²) in [6, 6.07) is 10.5. The number of likely N-dealkylation sites (tertiary alicyclic amines) is 1. The molecule has 0 radical (unpaired) electrons. The molecule has 5 rings (SSSR count). The van der Waals surface area contributed by atoms with Crippen LogP contribution in [-0.2, 0) is 31.1 Å². The topological polar surface area (TPSA) is 48.3 Å². The number of amides is 1. The van der Waals surface area contributed by atoms with Crippen LogP contribution in [0, 0.1) is 5.92 Å². The lowest BCUT2D eigenvalue weighted by Crippen LogP contribution is -2.44. The van der Waals surface area contributed by atoms with Crippen molar-refractivity contribution in [2.24, 2.45) is 13.0 Å². The number of fused-ring (bicyclic) bond motifs is 2. The summed E-state index contributed by atoms with van der Waals surface area (Å²) in [5.41, 5.74) is 5.75. The van der Waals surface area contributed by atoms with Crippen molar-refractivity contribution in [2.45, 2.75) is 38.0 Å². The predicted octanol–water partition coefficient (Wildman–Crippen LogP) is 5.04. The summed E-state index contributed by atoms with van der Waals surface area (Å²) in [7, 11) is 1.98. The van der Waals surface area contributed by atoms with E-state index in [1.165, 1.54) is 21.4 Å². The van der Waals surface area contributed by atoms with E-state index in [0.717, 1.165) is 63.4 Å². The van der Waals surface area contributed by atoms with Crippen LogP contribution in [0.15, 0.2) is 62.3 Å². The van der Waals surface area contributed by atoms with Crippen LogP contribution in [0.25, 0.3) is 0 Å². The zero-order valence-corrected chi connectivity index (χ0v) is 24.3. The molecule has 35 heavy (non-hydrogen) atoms. The summed E-state index contributed by atoms with van der Waals surface area (Å²) >= 11 is 11.1. The minimum atomic E-state index is 0.0504. The summed E-state index contributed by atoms with van der Waals surface area (Å²) in [4.78, 5) is 15.0. The molecule has 1 amide bonds. The molecule has 1 atom stereocenters. The van der Waals surface area contributed by atoms with E-state index >= 15 is 0 Å². The van der Waals surface area contributed by atoms with Gasteiger partial charge in [0.05, 0.1) is 16.8 Å². The quantitative estimate of drug-likeness (QED) is 0.315. The number of benzene rings is 1. The van der Waals surface area contributed by atoms with E-state index in [0.29, 0.717) is 12.3 Å². The number of aromatic nitrogens is 2. The Hall–Kier alpha value is -1.77. The van der Waals surface area contributed by atoms with E-state index in [9.17, 15) is 10.0 Å². The monoisotopic (exact) mass is 663 g/mol. The Balaban J connectivity index is 1.43. The summed E-state index contributed by atoms with van der Waals surface area (Å²) in [6.07, 6.45) is 9.72. The number of piperidine rings is 1. The Morgan fingerprint density at radius 2 is 1.69 bits per heavy atom. The van der Waals surface area contributed by atoms with Gasteiger partial charge < -0.3 is 4.90 Å². The zero-order valence-electron chi connectivity index (χ0n) is 19.6. The van der Waals surface area contributed by atoms with Crippen molar-refractivity contribution >= 4 is 53.7 Å². The Kier molecular flexibility index (Phi) is 7.33. The summed E-state index contributed by atoms with van der Waals surface area (Å²) in [5, 5.41) is 11.1. The Morgan fingerprint density at radius 1 is 1.03 bits per heavy atom. The van der Waals surface area contributed by atoms with Gasteiger partial charge in [0, 0.05) is 44.5 Å². The number of pyridine rings is 2. The molecular formula is C27H28Br3N3O2+2. The molecule has 0 saturated carbocycles. The number of carbonyl (C=O) groups is 1. The van der Waals surface area contributed by atoms with Crippen molar-refractivity contribution in [1.29, 1.82) is 0 Å². The minimum Gasteiger partial charge on any atom is -0.342 e. The Morgan fingerprint density at radius 3 is 2.40 bits per heavy atom.